The lowest BCUT2D eigenvalue weighted by molar-refractivity contribution is -0.231. The summed E-state index contributed by atoms with van der Waals surface area (Å²) in [6.45, 7) is 10.7. The number of carbonyl (C=O) groups is 2. The zero-order chi connectivity index (χ0) is 22.6. The fourth-order valence-electron chi connectivity index (χ4n) is 4.07. The van der Waals surface area contributed by atoms with Gasteiger partial charge in [-0.05, 0) is 53.7 Å². The minimum atomic E-state index is -1.01. The van der Waals surface area contributed by atoms with E-state index in [9.17, 15) is 9.59 Å². The second kappa shape index (κ2) is 7.83. The minimum Gasteiger partial charge on any atom is -0.342 e. The maximum Gasteiger partial charge on any atom is 0.252 e. The molecule has 0 unspecified atom stereocenters. The third-order valence-corrected chi connectivity index (χ3v) is 5.48. The number of rotatable bonds is 4. The molecule has 2 N–H and O–H groups in total. The standard InChI is InChI=1S/C22H30N2O7/c1-11-7-9-13(10-8-11)24-18(25)12(2)23-19(26)16-14-15(29-21(3,4)28-14)17-20(27-16)31-22(5,6)30-17/h7-10,12,14-17,20H,1-6H3,(H,23,26)(H,24,25)/t12-,14-,15-,16+,17+,20+/m0/s1. The SMILES string of the molecule is Cc1ccc(NC(=O)[C@H](C)NC(=O)[C@@H]2O[C@@H]3OC(C)(C)O[C@@H]3[C@H]3OC(C)(C)O[C@@H]32)cc1. The molecule has 0 spiro atoms. The average molecular weight is 434 g/mol. The molecule has 9 heteroatoms. The molecule has 3 saturated heterocycles. The summed E-state index contributed by atoms with van der Waals surface area (Å²) in [6.07, 6.45) is -3.54. The molecule has 1 aromatic carbocycles. The van der Waals surface area contributed by atoms with Gasteiger partial charge in [0.15, 0.2) is 24.0 Å². The molecular formula is C22H30N2O7. The van der Waals surface area contributed by atoms with Crippen LogP contribution < -0.4 is 10.6 Å². The quantitative estimate of drug-likeness (QED) is 0.745. The maximum absolute atomic E-state index is 13.1. The number of carbonyl (C=O) groups excluding carboxylic acids is 2. The van der Waals surface area contributed by atoms with Crippen LogP contribution in [-0.4, -0.2) is 60.1 Å². The van der Waals surface area contributed by atoms with Crippen molar-refractivity contribution < 1.29 is 33.3 Å². The Balaban J connectivity index is 1.44. The molecule has 31 heavy (non-hydrogen) atoms. The molecule has 1 aromatic rings. The molecule has 0 bridgehead atoms. The van der Waals surface area contributed by atoms with E-state index in [0.29, 0.717) is 5.69 Å². The Labute approximate surface area is 181 Å². The van der Waals surface area contributed by atoms with Gasteiger partial charge in [0, 0.05) is 5.69 Å². The summed E-state index contributed by atoms with van der Waals surface area (Å²) in [5.41, 5.74) is 1.74. The van der Waals surface area contributed by atoms with E-state index in [-0.39, 0.29) is 5.91 Å². The van der Waals surface area contributed by atoms with E-state index in [4.69, 9.17) is 23.7 Å². The van der Waals surface area contributed by atoms with E-state index in [1.165, 1.54) is 0 Å². The molecule has 6 atom stereocenters. The molecule has 0 saturated carbocycles. The van der Waals surface area contributed by atoms with Gasteiger partial charge >= 0.3 is 0 Å². The molecule has 0 radical (unpaired) electrons. The molecule has 3 heterocycles. The van der Waals surface area contributed by atoms with Crippen molar-refractivity contribution >= 4 is 17.5 Å². The molecule has 3 fully saturated rings. The van der Waals surface area contributed by atoms with Gasteiger partial charge in [0.05, 0.1) is 0 Å². The second-order valence-corrected chi connectivity index (χ2v) is 9.18. The van der Waals surface area contributed by atoms with Gasteiger partial charge in [0.2, 0.25) is 5.91 Å². The largest absolute Gasteiger partial charge is 0.342 e. The number of nitrogens with one attached hydrogen (secondary N) is 2. The lowest BCUT2D eigenvalue weighted by atomic mass is 9.98. The molecular weight excluding hydrogens is 404 g/mol. The van der Waals surface area contributed by atoms with Crippen molar-refractivity contribution in [1.82, 2.24) is 5.32 Å². The molecule has 0 aliphatic carbocycles. The fourth-order valence-corrected chi connectivity index (χ4v) is 4.07. The third kappa shape index (κ3) is 4.61. The monoisotopic (exact) mass is 434 g/mol. The predicted molar refractivity (Wildman–Crippen MR) is 110 cm³/mol. The number of benzene rings is 1. The molecule has 2 amide bonds. The number of amides is 2. The summed E-state index contributed by atoms with van der Waals surface area (Å²) in [5, 5.41) is 5.50. The number of hydrogen-bond donors (Lipinski definition) is 2. The Hall–Kier alpha value is -2.04. The highest BCUT2D eigenvalue weighted by molar-refractivity contribution is 5.97. The lowest BCUT2D eigenvalue weighted by Gasteiger charge is -2.36. The Kier molecular flexibility index (Phi) is 5.60. The highest BCUT2D eigenvalue weighted by Gasteiger charge is 2.62. The summed E-state index contributed by atoms with van der Waals surface area (Å²) in [5.74, 6) is -2.60. The Morgan fingerprint density at radius 3 is 2.16 bits per heavy atom. The van der Waals surface area contributed by atoms with Gasteiger partial charge in [0.25, 0.3) is 5.91 Å². The van der Waals surface area contributed by atoms with Crippen LogP contribution in [0.4, 0.5) is 5.69 Å². The van der Waals surface area contributed by atoms with Crippen LogP contribution in [-0.2, 0) is 33.3 Å². The molecule has 9 nitrogen and oxygen atoms in total. The van der Waals surface area contributed by atoms with Crippen LogP contribution in [0.2, 0.25) is 0 Å². The van der Waals surface area contributed by atoms with Crippen molar-refractivity contribution in [2.45, 2.75) is 89.9 Å². The van der Waals surface area contributed by atoms with Gasteiger partial charge in [-0.15, -0.1) is 0 Å². The van der Waals surface area contributed by atoms with E-state index in [0.717, 1.165) is 5.56 Å². The van der Waals surface area contributed by atoms with Gasteiger partial charge in [0.1, 0.15) is 24.4 Å². The normalized spacial score (nSPS) is 33.8. The van der Waals surface area contributed by atoms with E-state index in [1.54, 1.807) is 34.6 Å². The van der Waals surface area contributed by atoms with Crippen LogP contribution in [0.25, 0.3) is 0 Å². The number of fused-ring (bicyclic) bond motifs is 3. The average Bonchev–Trinajstić information content (AvgIpc) is 3.16. The van der Waals surface area contributed by atoms with Gasteiger partial charge in [-0.2, -0.15) is 0 Å². The first-order valence-electron chi connectivity index (χ1n) is 10.5. The van der Waals surface area contributed by atoms with Crippen LogP contribution in [0.1, 0.15) is 40.2 Å². The summed E-state index contributed by atoms with van der Waals surface area (Å²) >= 11 is 0. The first-order valence-corrected chi connectivity index (χ1v) is 10.5. The molecule has 3 aliphatic heterocycles. The highest BCUT2D eigenvalue weighted by atomic mass is 16.9. The zero-order valence-electron chi connectivity index (χ0n) is 18.6. The van der Waals surface area contributed by atoms with Crippen molar-refractivity contribution in [1.29, 1.82) is 0 Å². The number of ether oxygens (including phenoxy) is 5. The Morgan fingerprint density at radius 2 is 1.48 bits per heavy atom. The summed E-state index contributed by atoms with van der Waals surface area (Å²) < 4.78 is 29.7. The summed E-state index contributed by atoms with van der Waals surface area (Å²) in [4.78, 5) is 25.6. The van der Waals surface area contributed by atoms with Gasteiger partial charge < -0.3 is 34.3 Å². The van der Waals surface area contributed by atoms with E-state index < -0.39 is 54.2 Å². The van der Waals surface area contributed by atoms with Crippen LogP contribution in [0.3, 0.4) is 0 Å². The van der Waals surface area contributed by atoms with Crippen molar-refractivity contribution in [3.8, 4) is 0 Å². The van der Waals surface area contributed by atoms with Crippen LogP contribution >= 0.6 is 0 Å². The van der Waals surface area contributed by atoms with Crippen molar-refractivity contribution in [2.75, 3.05) is 5.32 Å². The van der Waals surface area contributed by atoms with Crippen molar-refractivity contribution in [2.24, 2.45) is 0 Å². The van der Waals surface area contributed by atoms with Gasteiger partial charge in [-0.1, -0.05) is 17.7 Å². The zero-order valence-corrected chi connectivity index (χ0v) is 18.6. The highest BCUT2D eigenvalue weighted by Crippen LogP contribution is 2.44. The first-order chi connectivity index (χ1) is 14.4. The molecule has 170 valence electrons. The number of aryl methyl sites for hydroxylation is 1. The van der Waals surface area contributed by atoms with E-state index in [2.05, 4.69) is 10.6 Å². The third-order valence-electron chi connectivity index (χ3n) is 5.48. The second-order valence-electron chi connectivity index (χ2n) is 9.18. The van der Waals surface area contributed by atoms with E-state index in [1.807, 2.05) is 31.2 Å². The predicted octanol–water partition coefficient (Wildman–Crippen LogP) is 1.83. The van der Waals surface area contributed by atoms with Crippen molar-refractivity contribution in [3.05, 3.63) is 29.8 Å². The molecule has 3 aliphatic rings. The summed E-state index contributed by atoms with van der Waals surface area (Å²) in [7, 11) is 0. The topological polar surface area (TPSA) is 104 Å². The minimum absolute atomic E-state index is 0.340. The Bertz CT molecular complexity index is 854. The lowest BCUT2D eigenvalue weighted by Crippen LogP contribution is -2.60. The van der Waals surface area contributed by atoms with Gasteiger partial charge in [-0.25, -0.2) is 0 Å². The maximum atomic E-state index is 13.1. The first kappa shape index (κ1) is 22.2. The van der Waals surface area contributed by atoms with Crippen LogP contribution in [0, 0.1) is 6.92 Å². The number of hydrogen-bond acceptors (Lipinski definition) is 7. The van der Waals surface area contributed by atoms with Crippen LogP contribution in [0.5, 0.6) is 0 Å². The molecule has 4 rings (SSSR count). The van der Waals surface area contributed by atoms with Crippen LogP contribution in [0.15, 0.2) is 24.3 Å². The van der Waals surface area contributed by atoms with E-state index >= 15 is 0 Å². The number of anilines is 1. The van der Waals surface area contributed by atoms with Gasteiger partial charge in [-0.3, -0.25) is 9.59 Å². The molecule has 0 aromatic heterocycles. The Morgan fingerprint density at radius 1 is 0.903 bits per heavy atom. The smallest absolute Gasteiger partial charge is 0.252 e. The summed E-state index contributed by atoms with van der Waals surface area (Å²) in [6, 6.07) is 6.62. The fraction of sp³-hybridized carbons (Fsp3) is 0.636. The van der Waals surface area contributed by atoms with Crippen molar-refractivity contribution in [3.63, 3.8) is 0 Å².